The Morgan fingerprint density at radius 2 is 1.27 bits per heavy atom. The van der Waals surface area contributed by atoms with Crippen LogP contribution in [0.2, 0.25) is 10.0 Å². The zero-order valence-electron chi connectivity index (χ0n) is 14.7. The van der Waals surface area contributed by atoms with Crippen LogP contribution in [0.3, 0.4) is 0 Å². The fourth-order valence-corrected chi connectivity index (χ4v) is 2.48. The van der Waals surface area contributed by atoms with Gasteiger partial charge in [0, 0.05) is 10.0 Å². The van der Waals surface area contributed by atoms with E-state index in [4.69, 9.17) is 28.9 Å². The molecule has 7 heteroatoms. The molecule has 0 saturated carbocycles. The van der Waals surface area contributed by atoms with Gasteiger partial charge in [-0.2, -0.15) is 10.2 Å². The Labute approximate surface area is 163 Å². The highest BCUT2D eigenvalue weighted by atomic mass is 35.5. The van der Waals surface area contributed by atoms with Gasteiger partial charge in [-0.25, -0.2) is 5.43 Å². The van der Waals surface area contributed by atoms with Crippen LogP contribution in [0.25, 0.3) is 0 Å². The number of rotatable bonds is 6. The Hall–Kier alpha value is -2.37. The van der Waals surface area contributed by atoms with Crippen molar-refractivity contribution in [3.63, 3.8) is 0 Å². The second kappa shape index (κ2) is 9.94. The molecule has 0 aliphatic carbocycles. The standard InChI is InChI=1S/C19H21Cl2N5/c1-3-17(13-5-9-15(20)10-6-13)23-25-19(22)26-24-18(4-2)14-7-11-16(21)12-8-14/h5-12H,3-4H2,1-2H3,(H3,22,25,26)/b23-17+,24-18+. The fraction of sp³-hybridized carbons (Fsp3) is 0.211. The summed E-state index contributed by atoms with van der Waals surface area (Å²) in [5, 5.41) is 13.9. The third-order valence-electron chi connectivity index (χ3n) is 3.61. The molecule has 0 aliphatic heterocycles. The van der Waals surface area contributed by atoms with Gasteiger partial charge in [-0.3, -0.25) is 0 Å². The average molecular weight is 390 g/mol. The maximum Gasteiger partial charge on any atom is 0.234 e. The molecule has 3 N–H and O–H groups in total. The first-order chi connectivity index (χ1) is 12.5. The van der Waals surface area contributed by atoms with E-state index in [1.807, 2.05) is 62.4 Å². The maximum absolute atomic E-state index is 5.91. The van der Waals surface area contributed by atoms with Crippen LogP contribution >= 0.6 is 23.2 Å². The zero-order chi connectivity index (χ0) is 18.9. The summed E-state index contributed by atoms with van der Waals surface area (Å²) < 4.78 is 0. The van der Waals surface area contributed by atoms with Gasteiger partial charge in [0.2, 0.25) is 5.96 Å². The molecule has 136 valence electrons. The molecular formula is C19H21Cl2N5. The Balaban J connectivity index is 2.12. The SMILES string of the molecule is CC/C(=N\N=C(N)N/N=C(\CC)c1ccc(Cl)cc1)c1ccc(Cl)cc1. The molecule has 0 saturated heterocycles. The fourth-order valence-electron chi connectivity index (χ4n) is 2.23. The molecule has 0 fully saturated rings. The highest BCUT2D eigenvalue weighted by Gasteiger charge is 2.03. The van der Waals surface area contributed by atoms with Gasteiger partial charge in [-0.1, -0.05) is 61.3 Å². The van der Waals surface area contributed by atoms with Crippen molar-refractivity contribution in [3.05, 3.63) is 69.7 Å². The summed E-state index contributed by atoms with van der Waals surface area (Å²) in [6, 6.07) is 14.9. The van der Waals surface area contributed by atoms with Crippen LogP contribution in [-0.4, -0.2) is 17.4 Å². The lowest BCUT2D eigenvalue weighted by Gasteiger charge is -2.05. The Morgan fingerprint density at radius 1 is 0.808 bits per heavy atom. The van der Waals surface area contributed by atoms with Crippen LogP contribution in [0.5, 0.6) is 0 Å². The summed E-state index contributed by atoms with van der Waals surface area (Å²) in [5.74, 6) is 0.116. The molecule has 0 radical (unpaired) electrons. The number of nitrogens with one attached hydrogen (secondary N) is 1. The van der Waals surface area contributed by atoms with Crippen molar-refractivity contribution in [1.82, 2.24) is 5.43 Å². The average Bonchev–Trinajstić information content (AvgIpc) is 2.65. The molecule has 5 nitrogen and oxygen atoms in total. The summed E-state index contributed by atoms with van der Waals surface area (Å²) >= 11 is 11.8. The van der Waals surface area contributed by atoms with E-state index < -0.39 is 0 Å². The minimum absolute atomic E-state index is 0.116. The van der Waals surface area contributed by atoms with Gasteiger partial charge in [0.25, 0.3) is 0 Å². The number of guanidine groups is 1. The van der Waals surface area contributed by atoms with Crippen molar-refractivity contribution in [3.8, 4) is 0 Å². The van der Waals surface area contributed by atoms with Crippen LogP contribution in [0.1, 0.15) is 37.8 Å². The van der Waals surface area contributed by atoms with Gasteiger partial charge in [-0.15, -0.1) is 5.10 Å². The maximum atomic E-state index is 5.91. The lowest BCUT2D eigenvalue weighted by molar-refractivity contribution is 0.971. The van der Waals surface area contributed by atoms with Crippen molar-refractivity contribution in [1.29, 1.82) is 0 Å². The summed E-state index contributed by atoms with van der Waals surface area (Å²) in [6.45, 7) is 4.01. The summed E-state index contributed by atoms with van der Waals surface area (Å²) in [5.41, 5.74) is 12.2. The number of hydrazone groups is 1. The molecule has 0 aliphatic rings. The topological polar surface area (TPSA) is 75.1 Å². The third kappa shape index (κ3) is 5.86. The van der Waals surface area contributed by atoms with Crippen molar-refractivity contribution >= 4 is 40.6 Å². The number of hydrogen-bond acceptors (Lipinski definition) is 3. The smallest absolute Gasteiger partial charge is 0.234 e. The molecule has 0 amide bonds. The predicted octanol–water partition coefficient (Wildman–Crippen LogP) is 4.83. The third-order valence-corrected chi connectivity index (χ3v) is 4.11. The lowest BCUT2D eigenvalue weighted by atomic mass is 10.1. The van der Waals surface area contributed by atoms with E-state index >= 15 is 0 Å². The molecule has 2 rings (SSSR count). The van der Waals surface area contributed by atoms with E-state index in [-0.39, 0.29) is 5.96 Å². The van der Waals surface area contributed by atoms with Gasteiger partial charge in [0.15, 0.2) is 0 Å². The van der Waals surface area contributed by atoms with Gasteiger partial charge in [-0.05, 0) is 48.2 Å². The van der Waals surface area contributed by atoms with Crippen LogP contribution < -0.4 is 11.2 Å². The van der Waals surface area contributed by atoms with Crippen molar-refractivity contribution in [2.75, 3.05) is 0 Å². The number of nitrogens with two attached hydrogens (primary N) is 1. The molecule has 26 heavy (non-hydrogen) atoms. The molecule has 0 spiro atoms. The van der Waals surface area contributed by atoms with Gasteiger partial charge in [0.05, 0.1) is 11.4 Å². The molecule has 2 aromatic rings. The second-order valence-electron chi connectivity index (χ2n) is 5.42. The van der Waals surface area contributed by atoms with Crippen molar-refractivity contribution in [2.24, 2.45) is 21.0 Å². The van der Waals surface area contributed by atoms with Gasteiger partial charge < -0.3 is 5.73 Å². The van der Waals surface area contributed by atoms with E-state index in [9.17, 15) is 0 Å². The van der Waals surface area contributed by atoms with Crippen LogP contribution in [0.15, 0.2) is 63.8 Å². The van der Waals surface area contributed by atoms with E-state index in [2.05, 4.69) is 20.7 Å². The molecule has 0 heterocycles. The zero-order valence-corrected chi connectivity index (χ0v) is 16.2. The lowest BCUT2D eigenvalue weighted by Crippen LogP contribution is -2.28. The van der Waals surface area contributed by atoms with E-state index in [1.165, 1.54) is 0 Å². The first kappa shape index (κ1) is 19.9. The summed E-state index contributed by atoms with van der Waals surface area (Å²) in [6.07, 6.45) is 1.45. The predicted molar refractivity (Wildman–Crippen MR) is 111 cm³/mol. The van der Waals surface area contributed by atoms with E-state index in [0.717, 1.165) is 29.0 Å². The van der Waals surface area contributed by atoms with Crippen LogP contribution in [0, 0.1) is 0 Å². The minimum atomic E-state index is 0.116. The highest BCUT2D eigenvalue weighted by Crippen LogP contribution is 2.12. The molecule has 2 aromatic carbocycles. The Morgan fingerprint density at radius 3 is 1.73 bits per heavy atom. The van der Waals surface area contributed by atoms with E-state index in [1.54, 1.807) is 0 Å². The molecular weight excluding hydrogens is 369 g/mol. The molecule has 0 aromatic heterocycles. The molecule has 0 bridgehead atoms. The van der Waals surface area contributed by atoms with Crippen molar-refractivity contribution < 1.29 is 0 Å². The normalized spacial score (nSPS) is 13.0. The summed E-state index contributed by atoms with van der Waals surface area (Å²) in [7, 11) is 0. The van der Waals surface area contributed by atoms with Gasteiger partial charge in [0.1, 0.15) is 0 Å². The van der Waals surface area contributed by atoms with Crippen molar-refractivity contribution in [2.45, 2.75) is 26.7 Å². The first-order valence-electron chi connectivity index (χ1n) is 8.28. The Bertz CT molecular complexity index is 809. The summed E-state index contributed by atoms with van der Waals surface area (Å²) in [4.78, 5) is 0. The molecule has 0 unspecified atom stereocenters. The largest absolute Gasteiger partial charge is 0.367 e. The quantitative estimate of drug-likeness (QED) is 0.421. The van der Waals surface area contributed by atoms with Crippen LogP contribution in [0.4, 0.5) is 0 Å². The number of halogens is 2. The van der Waals surface area contributed by atoms with Gasteiger partial charge >= 0.3 is 0 Å². The number of hydrogen-bond donors (Lipinski definition) is 2. The van der Waals surface area contributed by atoms with E-state index in [0.29, 0.717) is 16.5 Å². The number of benzene rings is 2. The highest BCUT2D eigenvalue weighted by molar-refractivity contribution is 6.31. The van der Waals surface area contributed by atoms with Crippen LogP contribution in [-0.2, 0) is 0 Å². The molecule has 0 atom stereocenters. The second-order valence-corrected chi connectivity index (χ2v) is 6.30. The monoisotopic (exact) mass is 389 g/mol. The first-order valence-corrected chi connectivity index (χ1v) is 9.03. The number of nitrogens with zero attached hydrogens (tertiary/aromatic N) is 3. The minimum Gasteiger partial charge on any atom is -0.367 e. The Kier molecular flexibility index (Phi) is 7.63.